The van der Waals surface area contributed by atoms with Crippen molar-refractivity contribution < 1.29 is 27.9 Å². The van der Waals surface area contributed by atoms with Crippen LogP contribution >= 0.6 is 0 Å². The second-order valence-electron chi connectivity index (χ2n) is 5.79. The summed E-state index contributed by atoms with van der Waals surface area (Å²) in [4.78, 5) is 35.4. The van der Waals surface area contributed by atoms with E-state index in [9.17, 15) is 23.2 Å². The van der Waals surface area contributed by atoms with Crippen LogP contribution in [0.5, 0.6) is 0 Å². The minimum Gasteiger partial charge on any atom is -0.461 e. The van der Waals surface area contributed by atoms with E-state index in [0.717, 1.165) is 17.7 Å². The molecule has 0 fully saturated rings. The van der Waals surface area contributed by atoms with Crippen LogP contribution in [0.3, 0.4) is 0 Å². The Morgan fingerprint density at radius 1 is 1.07 bits per heavy atom. The number of halogens is 2. The van der Waals surface area contributed by atoms with Gasteiger partial charge < -0.3 is 15.8 Å². The Bertz CT molecular complexity index is 828. The van der Waals surface area contributed by atoms with Crippen molar-refractivity contribution in [2.75, 3.05) is 0 Å². The molecule has 0 aromatic heterocycles. The minimum absolute atomic E-state index is 0.0138. The number of nitrogens with two attached hydrogens (primary N) is 1. The molecule has 6 nitrogen and oxygen atoms in total. The number of carbonyl (C=O) groups excluding carboxylic acids is 3. The number of hydrogen-bond donors (Lipinski definition) is 2. The van der Waals surface area contributed by atoms with Crippen molar-refractivity contribution in [2.24, 2.45) is 5.73 Å². The summed E-state index contributed by atoms with van der Waals surface area (Å²) in [5, 5.41) is 2.26. The highest BCUT2D eigenvalue weighted by atomic mass is 19.1. The Morgan fingerprint density at radius 3 is 2.41 bits per heavy atom. The summed E-state index contributed by atoms with van der Waals surface area (Å²) < 4.78 is 31.5. The number of nitrogens with one attached hydrogen (secondary N) is 1. The summed E-state index contributed by atoms with van der Waals surface area (Å²) in [5.74, 6) is -4.05. The molecule has 0 unspecified atom stereocenters. The first kappa shape index (κ1) is 20.0. The van der Waals surface area contributed by atoms with Crippen molar-refractivity contribution in [1.82, 2.24) is 5.32 Å². The minimum atomic E-state index is -1.30. The fourth-order valence-corrected chi connectivity index (χ4v) is 2.27. The number of rotatable bonds is 8. The highest BCUT2D eigenvalue weighted by Gasteiger charge is 2.23. The van der Waals surface area contributed by atoms with E-state index in [-0.39, 0.29) is 12.2 Å². The third kappa shape index (κ3) is 6.50. The first-order chi connectivity index (χ1) is 12.8. The highest BCUT2D eigenvalue weighted by Crippen LogP contribution is 2.10. The molecule has 0 radical (unpaired) electrons. The van der Waals surface area contributed by atoms with Gasteiger partial charge in [-0.3, -0.25) is 14.4 Å². The number of benzene rings is 2. The Labute approximate surface area is 154 Å². The molecule has 27 heavy (non-hydrogen) atoms. The lowest BCUT2D eigenvalue weighted by atomic mass is 10.1. The van der Waals surface area contributed by atoms with Gasteiger partial charge in [0.2, 0.25) is 11.8 Å². The van der Waals surface area contributed by atoms with Gasteiger partial charge in [-0.15, -0.1) is 0 Å². The van der Waals surface area contributed by atoms with Crippen molar-refractivity contribution in [3.63, 3.8) is 0 Å². The predicted molar refractivity (Wildman–Crippen MR) is 92.0 cm³/mol. The Kier molecular flexibility index (Phi) is 6.99. The van der Waals surface area contributed by atoms with Crippen molar-refractivity contribution >= 4 is 17.8 Å². The number of esters is 1. The molecule has 2 aromatic rings. The lowest BCUT2D eigenvalue weighted by Gasteiger charge is -2.15. The first-order valence-corrected chi connectivity index (χ1v) is 8.07. The number of hydrogen-bond acceptors (Lipinski definition) is 4. The van der Waals surface area contributed by atoms with E-state index < -0.39 is 48.3 Å². The van der Waals surface area contributed by atoms with E-state index in [0.29, 0.717) is 6.07 Å². The summed E-state index contributed by atoms with van der Waals surface area (Å²) in [7, 11) is 0. The van der Waals surface area contributed by atoms with Crippen LogP contribution in [0.2, 0.25) is 0 Å². The zero-order chi connectivity index (χ0) is 19.8. The van der Waals surface area contributed by atoms with Gasteiger partial charge in [-0.05, 0) is 17.2 Å². The van der Waals surface area contributed by atoms with Gasteiger partial charge >= 0.3 is 5.97 Å². The van der Waals surface area contributed by atoms with Crippen LogP contribution in [0.25, 0.3) is 0 Å². The molecule has 2 rings (SSSR count). The van der Waals surface area contributed by atoms with Gasteiger partial charge in [0, 0.05) is 6.07 Å². The maximum atomic E-state index is 13.6. The quantitative estimate of drug-likeness (QED) is 0.684. The molecule has 1 atom stereocenters. The van der Waals surface area contributed by atoms with Crippen LogP contribution in [-0.4, -0.2) is 23.8 Å². The van der Waals surface area contributed by atoms with Gasteiger partial charge in [-0.1, -0.05) is 36.4 Å². The molecule has 0 heterocycles. The molecule has 142 valence electrons. The number of primary amides is 1. The van der Waals surface area contributed by atoms with Crippen molar-refractivity contribution in [3.05, 3.63) is 71.3 Å². The third-order valence-corrected chi connectivity index (χ3v) is 3.66. The molecule has 0 spiro atoms. The fourth-order valence-electron chi connectivity index (χ4n) is 2.27. The van der Waals surface area contributed by atoms with Gasteiger partial charge in [0.25, 0.3) is 0 Å². The number of ether oxygens (including phenoxy) is 1. The van der Waals surface area contributed by atoms with Crippen LogP contribution in [0.15, 0.2) is 48.5 Å². The smallest absolute Gasteiger partial charge is 0.308 e. The average molecular weight is 376 g/mol. The summed E-state index contributed by atoms with van der Waals surface area (Å²) >= 11 is 0. The van der Waals surface area contributed by atoms with Gasteiger partial charge in [0.1, 0.15) is 24.3 Å². The molecule has 2 aromatic carbocycles. The number of carbonyl (C=O) groups is 3. The molecule has 0 aliphatic carbocycles. The SMILES string of the molecule is NC(=O)[C@@H](CC(=O)OCc1ccccc1)NC(=O)Cc1ccc(F)cc1F. The Hall–Kier alpha value is -3.29. The summed E-state index contributed by atoms with van der Waals surface area (Å²) in [5.41, 5.74) is 5.91. The summed E-state index contributed by atoms with van der Waals surface area (Å²) in [6.45, 7) is 0.0138. The normalized spacial score (nSPS) is 11.5. The molecule has 0 bridgehead atoms. The summed E-state index contributed by atoms with van der Waals surface area (Å²) in [6, 6.07) is 10.4. The van der Waals surface area contributed by atoms with Crippen LogP contribution in [0.4, 0.5) is 8.78 Å². The topological polar surface area (TPSA) is 98.5 Å². The molecule has 0 saturated carbocycles. The second kappa shape index (κ2) is 9.42. The second-order valence-corrected chi connectivity index (χ2v) is 5.79. The van der Waals surface area contributed by atoms with E-state index in [2.05, 4.69) is 5.32 Å². The molecular formula is C19H18F2N2O4. The molecule has 0 saturated heterocycles. The first-order valence-electron chi connectivity index (χ1n) is 8.07. The van der Waals surface area contributed by atoms with Crippen LogP contribution in [0.1, 0.15) is 17.5 Å². The maximum Gasteiger partial charge on any atom is 0.308 e. The van der Waals surface area contributed by atoms with Crippen molar-refractivity contribution in [2.45, 2.75) is 25.5 Å². The fraction of sp³-hybridized carbons (Fsp3) is 0.211. The Balaban J connectivity index is 1.89. The van der Waals surface area contributed by atoms with E-state index >= 15 is 0 Å². The van der Waals surface area contributed by atoms with Gasteiger partial charge in [0.05, 0.1) is 12.8 Å². The number of amides is 2. The third-order valence-electron chi connectivity index (χ3n) is 3.66. The van der Waals surface area contributed by atoms with Gasteiger partial charge in [-0.2, -0.15) is 0 Å². The molecule has 2 amide bonds. The van der Waals surface area contributed by atoms with Crippen LogP contribution in [-0.2, 0) is 32.1 Å². The standard InChI is InChI=1S/C19H18F2N2O4/c20-14-7-6-13(15(21)9-14)8-17(24)23-16(19(22)26)10-18(25)27-11-12-4-2-1-3-5-12/h1-7,9,16H,8,10-11H2,(H2,22,26)(H,23,24)/t16-/m1/s1. The lowest BCUT2D eigenvalue weighted by Crippen LogP contribution is -2.46. The highest BCUT2D eigenvalue weighted by molar-refractivity contribution is 5.90. The van der Waals surface area contributed by atoms with E-state index in [1.807, 2.05) is 6.07 Å². The maximum absolute atomic E-state index is 13.6. The van der Waals surface area contributed by atoms with Crippen molar-refractivity contribution in [3.8, 4) is 0 Å². The van der Waals surface area contributed by atoms with Crippen LogP contribution in [0, 0.1) is 11.6 Å². The molecule has 0 aliphatic heterocycles. The molecule has 3 N–H and O–H groups in total. The monoisotopic (exact) mass is 376 g/mol. The van der Waals surface area contributed by atoms with E-state index in [1.165, 1.54) is 0 Å². The van der Waals surface area contributed by atoms with E-state index in [1.54, 1.807) is 24.3 Å². The predicted octanol–water partition coefficient (Wildman–Crippen LogP) is 1.61. The van der Waals surface area contributed by atoms with Gasteiger partial charge in [-0.25, -0.2) is 8.78 Å². The van der Waals surface area contributed by atoms with E-state index in [4.69, 9.17) is 10.5 Å². The zero-order valence-electron chi connectivity index (χ0n) is 14.3. The summed E-state index contributed by atoms with van der Waals surface area (Å²) in [6.07, 6.45) is -0.894. The Morgan fingerprint density at radius 2 is 1.78 bits per heavy atom. The van der Waals surface area contributed by atoms with Gasteiger partial charge in [0.15, 0.2) is 0 Å². The largest absolute Gasteiger partial charge is 0.461 e. The zero-order valence-corrected chi connectivity index (χ0v) is 14.3. The van der Waals surface area contributed by atoms with Crippen molar-refractivity contribution in [1.29, 1.82) is 0 Å². The molecule has 0 aliphatic rings. The lowest BCUT2D eigenvalue weighted by molar-refractivity contribution is -0.147. The van der Waals surface area contributed by atoms with Crippen LogP contribution < -0.4 is 11.1 Å². The average Bonchev–Trinajstić information content (AvgIpc) is 2.62. The molecular weight excluding hydrogens is 358 g/mol. The molecule has 8 heteroatoms.